The Balaban J connectivity index is 1.10. The smallest absolute Gasteiger partial charge is 0.270 e. The second kappa shape index (κ2) is 10.1. The first kappa shape index (κ1) is 25.8. The van der Waals surface area contributed by atoms with Crippen LogP contribution in [-0.2, 0) is 6.42 Å². The number of nitro groups is 2. The number of carbonyl (C=O) groups is 1. The number of nitrogens with zero attached hydrogens (tertiary/aromatic N) is 2. The van der Waals surface area contributed by atoms with Crippen molar-refractivity contribution in [3.63, 3.8) is 0 Å². The number of fused-ring (bicyclic) bond motifs is 4. The van der Waals surface area contributed by atoms with Gasteiger partial charge in [-0.05, 0) is 106 Å². The van der Waals surface area contributed by atoms with Crippen LogP contribution in [0.1, 0.15) is 27.0 Å². The standard InChI is InChI=1S/C34H22N4O5/c39-34-32-12-9-28(35-26-6-1-22-17-30(37(40)41)10-4-20(22)14-26)16-25(32)13-24-3-8-29(19-33(24)34)36-27-7-2-23-18-31(38(42)43)11-5-21(23)15-27/h1-12,14-19,35-36H,13H2. The van der Waals surface area contributed by atoms with Crippen molar-refractivity contribution in [1.82, 2.24) is 0 Å². The van der Waals surface area contributed by atoms with Gasteiger partial charge >= 0.3 is 0 Å². The van der Waals surface area contributed by atoms with Crippen molar-refractivity contribution in [2.75, 3.05) is 10.6 Å². The van der Waals surface area contributed by atoms with Crippen LogP contribution in [0, 0.1) is 20.2 Å². The third kappa shape index (κ3) is 4.89. The van der Waals surface area contributed by atoms with E-state index in [1.807, 2.05) is 72.8 Å². The van der Waals surface area contributed by atoms with Crippen molar-refractivity contribution in [2.24, 2.45) is 0 Å². The van der Waals surface area contributed by atoms with Crippen molar-refractivity contribution in [3.05, 3.63) is 152 Å². The monoisotopic (exact) mass is 566 g/mol. The van der Waals surface area contributed by atoms with Crippen LogP contribution in [-0.4, -0.2) is 15.6 Å². The van der Waals surface area contributed by atoms with Gasteiger partial charge in [-0.1, -0.05) is 18.2 Å². The first-order chi connectivity index (χ1) is 20.8. The van der Waals surface area contributed by atoms with Gasteiger partial charge in [0.05, 0.1) is 9.85 Å². The highest BCUT2D eigenvalue weighted by molar-refractivity contribution is 6.13. The van der Waals surface area contributed by atoms with Crippen LogP contribution in [0.15, 0.2) is 109 Å². The van der Waals surface area contributed by atoms with E-state index in [9.17, 15) is 25.0 Å². The molecule has 9 heteroatoms. The largest absolute Gasteiger partial charge is 0.356 e. The normalized spacial score (nSPS) is 12.0. The van der Waals surface area contributed by atoms with Gasteiger partial charge in [0.25, 0.3) is 11.4 Å². The molecule has 0 fully saturated rings. The first-order valence-electron chi connectivity index (χ1n) is 13.5. The molecule has 0 spiro atoms. The van der Waals surface area contributed by atoms with Gasteiger partial charge in [-0.25, -0.2) is 0 Å². The Bertz CT molecular complexity index is 2160. The third-order valence-corrected chi connectivity index (χ3v) is 7.73. The summed E-state index contributed by atoms with van der Waals surface area (Å²) in [6.07, 6.45) is 0.613. The minimum absolute atomic E-state index is 0.0374. The van der Waals surface area contributed by atoms with E-state index in [0.29, 0.717) is 17.5 Å². The highest BCUT2D eigenvalue weighted by Gasteiger charge is 2.24. The molecule has 6 aromatic carbocycles. The van der Waals surface area contributed by atoms with Crippen molar-refractivity contribution in [3.8, 4) is 0 Å². The maximum Gasteiger partial charge on any atom is 0.270 e. The Hall–Kier alpha value is -6.09. The number of non-ortho nitro benzene ring substituents is 2. The quantitative estimate of drug-likeness (QED) is 0.153. The zero-order chi connectivity index (χ0) is 29.7. The average Bonchev–Trinajstić information content (AvgIpc) is 3.00. The number of hydrogen-bond donors (Lipinski definition) is 2. The Morgan fingerprint density at radius 2 is 0.953 bits per heavy atom. The fourth-order valence-corrected chi connectivity index (χ4v) is 5.59. The number of hydrogen-bond acceptors (Lipinski definition) is 7. The summed E-state index contributed by atoms with van der Waals surface area (Å²) in [7, 11) is 0. The van der Waals surface area contributed by atoms with Gasteiger partial charge in [-0.2, -0.15) is 0 Å². The van der Waals surface area contributed by atoms with Crippen molar-refractivity contribution < 1.29 is 14.6 Å². The molecule has 6 aromatic rings. The summed E-state index contributed by atoms with van der Waals surface area (Å²) in [6.45, 7) is 0. The average molecular weight is 567 g/mol. The number of nitro benzene ring substituents is 2. The first-order valence-corrected chi connectivity index (χ1v) is 13.5. The van der Waals surface area contributed by atoms with Crippen LogP contribution in [0.2, 0.25) is 0 Å². The fourth-order valence-electron chi connectivity index (χ4n) is 5.59. The van der Waals surface area contributed by atoms with E-state index in [2.05, 4.69) is 10.6 Å². The van der Waals surface area contributed by atoms with E-state index in [4.69, 9.17) is 0 Å². The minimum Gasteiger partial charge on any atom is -0.356 e. The molecular weight excluding hydrogens is 544 g/mol. The second-order valence-corrected chi connectivity index (χ2v) is 10.5. The third-order valence-electron chi connectivity index (χ3n) is 7.73. The Kier molecular flexibility index (Phi) is 6.06. The van der Waals surface area contributed by atoms with Gasteiger partial charge in [0.1, 0.15) is 0 Å². The number of rotatable bonds is 6. The molecule has 1 aliphatic carbocycles. The molecule has 0 aromatic heterocycles. The number of anilines is 4. The van der Waals surface area contributed by atoms with Crippen molar-refractivity contribution >= 4 is 61.5 Å². The molecule has 0 atom stereocenters. The SMILES string of the molecule is O=C1c2ccc(Nc3ccc4cc([N+](=O)[O-])ccc4c3)cc2Cc2ccc(Nc3ccc4cc([N+](=O)[O-])ccc4c3)cc21. The molecule has 0 saturated heterocycles. The number of benzene rings is 6. The van der Waals surface area contributed by atoms with Gasteiger partial charge in [-0.15, -0.1) is 0 Å². The molecule has 0 saturated carbocycles. The van der Waals surface area contributed by atoms with Crippen LogP contribution in [0.4, 0.5) is 34.1 Å². The Labute approximate surface area is 244 Å². The summed E-state index contributed by atoms with van der Waals surface area (Å²) < 4.78 is 0. The lowest BCUT2D eigenvalue weighted by molar-refractivity contribution is -0.384. The zero-order valence-electron chi connectivity index (χ0n) is 22.5. The molecule has 0 bridgehead atoms. The molecule has 43 heavy (non-hydrogen) atoms. The molecule has 1 aliphatic rings. The topological polar surface area (TPSA) is 127 Å². The molecule has 0 radical (unpaired) electrons. The molecular formula is C34H22N4O5. The lowest BCUT2D eigenvalue weighted by Gasteiger charge is -2.21. The van der Waals surface area contributed by atoms with Crippen LogP contribution < -0.4 is 10.6 Å². The van der Waals surface area contributed by atoms with Crippen LogP contribution in [0.3, 0.4) is 0 Å². The highest BCUT2D eigenvalue weighted by atomic mass is 16.6. The molecule has 2 N–H and O–H groups in total. The van der Waals surface area contributed by atoms with Crippen LogP contribution in [0.5, 0.6) is 0 Å². The summed E-state index contributed by atoms with van der Waals surface area (Å²) in [4.78, 5) is 34.9. The number of nitrogens with one attached hydrogen (secondary N) is 2. The lowest BCUT2D eigenvalue weighted by atomic mass is 9.84. The Morgan fingerprint density at radius 3 is 1.53 bits per heavy atom. The zero-order valence-corrected chi connectivity index (χ0v) is 22.5. The second-order valence-electron chi connectivity index (χ2n) is 10.5. The number of carbonyl (C=O) groups excluding carboxylic acids is 1. The highest BCUT2D eigenvalue weighted by Crippen LogP contribution is 2.33. The lowest BCUT2D eigenvalue weighted by Crippen LogP contribution is -2.15. The van der Waals surface area contributed by atoms with E-state index in [-0.39, 0.29) is 17.2 Å². The summed E-state index contributed by atoms with van der Waals surface area (Å²) in [5, 5.41) is 32.2. The summed E-state index contributed by atoms with van der Waals surface area (Å²) in [6, 6.07) is 32.3. The Morgan fingerprint density at radius 1 is 0.488 bits per heavy atom. The summed E-state index contributed by atoms with van der Waals surface area (Å²) in [5.74, 6) is -0.0374. The van der Waals surface area contributed by atoms with E-state index < -0.39 is 9.85 Å². The van der Waals surface area contributed by atoms with Gasteiger partial charge in [-0.3, -0.25) is 25.0 Å². The van der Waals surface area contributed by atoms with Crippen LogP contribution in [0.25, 0.3) is 21.5 Å². The molecule has 9 nitrogen and oxygen atoms in total. The molecule has 0 unspecified atom stereocenters. The summed E-state index contributed by atoms with van der Waals surface area (Å²) >= 11 is 0. The minimum atomic E-state index is -0.408. The van der Waals surface area contributed by atoms with Crippen molar-refractivity contribution in [2.45, 2.75) is 6.42 Å². The maximum absolute atomic E-state index is 13.5. The molecule has 0 amide bonds. The molecule has 208 valence electrons. The number of ketones is 1. The predicted octanol–water partition coefficient (Wildman–Crippen LogP) is 8.43. The van der Waals surface area contributed by atoms with Gasteiger partial charge in [0, 0.05) is 58.1 Å². The van der Waals surface area contributed by atoms with E-state index in [0.717, 1.165) is 55.4 Å². The summed E-state index contributed by atoms with van der Waals surface area (Å²) in [5.41, 5.74) is 6.56. The predicted molar refractivity (Wildman–Crippen MR) is 167 cm³/mol. The van der Waals surface area contributed by atoms with E-state index >= 15 is 0 Å². The van der Waals surface area contributed by atoms with Gasteiger partial charge < -0.3 is 10.6 Å². The fraction of sp³-hybridized carbons (Fsp3) is 0.0294. The van der Waals surface area contributed by atoms with Crippen molar-refractivity contribution in [1.29, 1.82) is 0 Å². The maximum atomic E-state index is 13.5. The molecule has 7 rings (SSSR count). The van der Waals surface area contributed by atoms with Crippen LogP contribution >= 0.6 is 0 Å². The van der Waals surface area contributed by atoms with Gasteiger partial charge in [0.15, 0.2) is 5.78 Å². The van der Waals surface area contributed by atoms with E-state index in [1.54, 1.807) is 24.3 Å². The molecule has 0 heterocycles. The molecule has 0 aliphatic heterocycles. The van der Waals surface area contributed by atoms with E-state index in [1.165, 1.54) is 12.1 Å². The van der Waals surface area contributed by atoms with Gasteiger partial charge in [0.2, 0.25) is 0 Å².